The smallest absolute Gasteiger partial charge is 0.320 e. The zero-order valence-electron chi connectivity index (χ0n) is 10.5. The van der Waals surface area contributed by atoms with Gasteiger partial charge < -0.3 is 16.3 Å². The summed E-state index contributed by atoms with van der Waals surface area (Å²) < 4.78 is 0. The van der Waals surface area contributed by atoms with Gasteiger partial charge in [0.1, 0.15) is 5.82 Å². The van der Waals surface area contributed by atoms with E-state index >= 15 is 0 Å². The first kappa shape index (κ1) is 13.2. The standard InChI is InChI=1S/C11H18N6O2/c12-9(17-19)8-6-13-16-10(8)15-11(18)14-7-4-2-1-3-5-7/h6-7,19H,1-5H2,(H2,12,17)(H3,13,14,15,16,18). The van der Waals surface area contributed by atoms with Crippen molar-refractivity contribution < 1.29 is 10.0 Å². The number of rotatable bonds is 3. The van der Waals surface area contributed by atoms with Crippen molar-refractivity contribution >= 4 is 17.7 Å². The highest BCUT2D eigenvalue weighted by Crippen LogP contribution is 2.17. The molecule has 19 heavy (non-hydrogen) atoms. The zero-order chi connectivity index (χ0) is 13.7. The molecule has 8 nitrogen and oxygen atoms in total. The van der Waals surface area contributed by atoms with Crippen molar-refractivity contribution in [3.63, 3.8) is 0 Å². The Labute approximate surface area is 110 Å². The number of amidine groups is 1. The van der Waals surface area contributed by atoms with Gasteiger partial charge >= 0.3 is 6.03 Å². The van der Waals surface area contributed by atoms with E-state index in [0.717, 1.165) is 25.7 Å². The molecule has 1 fully saturated rings. The molecule has 8 heteroatoms. The maximum Gasteiger partial charge on any atom is 0.320 e. The molecule has 0 unspecified atom stereocenters. The van der Waals surface area contributed by atoms with Crippen LogP contribution in [0.5, 0.6) is 0 Å². The molecule has 2 rings (SSSR count). The topological polar surface area (TPSA) is 128 Å². The summed E-state index contributed by atoms with van der Waals surface area (Å²) in [5.74, 6) is 0.199. The highest BCUT2D eigenvalue weighted by Gasteiger charge is 2.17. The van der Waals surface area contributed by atoms with Gasteiger partial charge in [-0.1, -0.05) is 24.4 Å². The molecule has 1 aromatic rings. The number of hydrogen-bond acceptors (Lipinski definition) is 4. The number of H-pyrrole nitrogens is 1. The molecule has 2 amide bonds. The number of aromatic nitrogens is 2. The summed E-state index contributed by atoms with van der Waals surface area (Å²) in [6, 6.07) is -0.105. The Kier molecular flexibility index (Phi) is 4.22. The number of nitrogens with two attached hydrogens (primary N) is 1. The molecule has 1 aromatic heterocycles. The Morgan fingerprint density at radius 3 is 2.89 bits per heavy atom. The van der Waals surface area contributed by atoms with E-state index in [0.29, 0.717) is 11.4 Å². The minimum absolute atomic E-state index is 0.110. The first-order chi connectivity index (χ1) is 9.20. The Morgan fingerprint density at radius 1 is 1.47 bits per heavy atom. The second-order valence-corrected chi connectivity index (χ2v) is 4.58. The lowest BCUT2D eigenvalue weighted by atomic mass is 9.96. The fourth-order valence-electron chi connectivity index (χ4n) is 2.21. The molecule has 1 aliphatic carbocycles. The number of urea groups is 1. The summed E-state index contributed by atoms with van der Waals surface area (Å²) in [5.41, 5.74) is 5.82. The number of oxime groups is 1. The van der Waals surface area contributed by atoms with E-state index in [-0.39, 0.29) is 17.9 Å². The highest BCUT2D eigenvalue weighted by molar-refractivity contribution is 6.04. The van der Waals surface area contributed by atoms with Crippen LogP contribution in [0.3, 0.4) is 0 Å². The largest absolute Gasteiger partial charge is 0.409 e. The third kappa shape index (κ3) is 3.36. The number of nitrogens with one attached hydrogen (secondary N) is 3. The van der Waals surface area contributed by atoms with Gasteiger partial charge in [0, 0.05) is 6.04 Å². The van der Waals surface area contributed by atoms with Gasteiger partial charge in [-0.3, -0.25) is 10.4 Å². The molecule has 0 atom stereocenters. The molecule has 6 N–H and O–H groups in total. The normalized spacial score (nSPS) is 17.2. The van der Waals surface area contributed by atoms with Crippen molar-refractivity contribution in [1.29, 1.82) is 0 Å². The molecule has 0 bridgehead atoms. The van der Waals surface area contributed by atoms with Crippen LogP contribution in [0.25, 0.3) is 0 Å². The van der Waals surface area contributed by atoms with Crippen molar-refractivity contribution in [2.45, 2.75) is 38.1 Å². The number of carbonyl (C=O) groups is 1. The highest BCUT2D eigenvalue weighted by atomic mass is 16.4. The minimum Gasteiger partial charge on any atom is -0.409 e. The quantitative estimate of drug-likeness (QED) is 0.241. The lowest BCUT2D eigenvalue weighted by molar-refractivity contribution is 0.244. The summed E-state index contributed by atoms with van der Waals surface area (Å²) in [7, 11) is 0. The second-order valence-electron chi connectivity index (χ2n) is 4.58. The van der Waals surface area contributed by atoms with Gasteiger partial charge in [0.15, 0.2) is 5.84 Å². The van der Waals surface area contributed by atoms with Gasteiger partial charge in [-0.05, 0) is 12.8 Å². The number of hydrogen-bond donors (Lipinski definition) is 5. The van der Waals surface area contributed by atoms with Crippen LogP contribution in [0.2, 0.25) is 0 Å². The van der Waals surface area contributed by atoms with E-state index in [1.54, 1.807) is 0 Å². The Morgan fingerprint density at radius 2 is 2.21 bits per heavy atom. The lowest BCUT2D eigenvalue weighted by Crippen LogP contribution is -2.39. The molecule has 1 aliphatic rings. The first-order valence-electron chi connectivity index (χ1n) is 6.29. The van der Waals surface area contributed by atoms with E-state index in [1.165, 1.54) is 12.6 Å². The van der Waals surface area contributed by atoms with Gasteiger partial charge in [0.25, 0.3) is 0 Å². The van der Waals surface area contributed by atoms with Crippen LogP contribution < -0.4 is 16.4 Å². The van der Waals surface area contributed by atoms with Crippen molar-refractivity contribution in [2.75, 3.05) is 5.32 Å². The third-order valence-electron chi connectivity index (χ3n) is 3.20. The SMILES string of the molecule is NC(=NO)c1cn[nH]c1NC(=O)NC1CCCCC1. The zero-order valence-corrected chi connectivity index (χ0v) is 10.5. The molecular weight excluding hydrogens is 248 g/mol. The Hall–Kier alpha value is -2.25. The van der Waals surface area contributed by atoms with E-state index in [2.05, 4.69) is 26.0 Å². The van der Waals surface area contributed by atoms with Gasteiger partial charge in [-0.25, -0.2) is 4.79 Å². The summed E-state index contributed by atoms with van der Waals surface area (Å²) >= 11 is 0. The summed E-state index contributed by atoms with van der Waals surface area (Å²) in [6.07, 6.45) is 6.90. The average molecular weight is 266 g/mol. The van der Waals surface area contributed by atoms with Crippen molar-refractivity contribution in [1.82, 2.24) is 15.5 Å². The van der Waals surface area contributed by atoms with Crippen molar-refractivity contribution in [3.8, 4) is 0 Å². The fraction of sp³-hybridized carbons (Fsp3) is 0.545. The molecule has 0 aliphatic heterocycles. The van der Waals surface area contributed by atoms with E-state index in [9.17, 15) is 4.79 Å². The van der Waals surface area contributed by atoms with Gasteiger partial charge in [-0.2, -0.15) is 5.10 Å². The molecule has 1 heterocycles. The van der Waals surface area contributed by atoms with Gasteiger partial charge in [0.2, 0.25) is 0 Å². The molecule has 0 spiro atoms. The molecular formula is C11H18N6O2. The Bertz CT molecular complexity index is 464. The van der Waals surface area contributed by atoms with E-state index in [1.807, 2.05) is 0 Å². The van der Waals surface area contributed by atoms with Crippen molar-refractivity contribution in [2.24, 2.45) is 10.9 Å². The molecule has 0 radical (unpaired) electrons. The molecule has 104 valence electrons. The summed E-state index contributed by atoms with van der Waals surface area (Å²) in [5, 5.41) is 23.4. The molecule has 1 saturated carbocycles. The van der Waals surface area contributed by atoms with Gasteiger partial charge in [0.05, 0.1) is 11.8 Å². The van der Waals surface area contributed by atoms with Gasteiger partial charge in [-0.15, -0.1) is 0 Å². The number of anilines is 1. The minimum atomic E-state index is -0.317. The van der Waals surface area contributed by atoms with Crippen LogP contribution in [0.1, 0.15) is 37.7 Å². The number of amides is 2. The fourth-order valence-corrected chi connectivity index (χ4v) is 2.21. The number of carbonyl (C=O) groups excluding carboxylic acids is 1. The van der Waals surface area contributed by atoms with E-state index in [4.69, 9.17) is 10.9 Å². The lowest BCUT2D eigenvalue weighted by Gasteiger charge is -2.22. The van der Waals surface area contributed by atoms with Crippen LogP contribution in [-0.2, 0) is 0 Å². The van der Waals surface area contributed by atoms with Crippen LogP contribution in [0.4, 0.5) is 10.6 Å². The second kappa shape index (κ2) is 6.07. The average Bonchev–Trinajstić information content (AvgIpc) is 2.87. The Balaban J connectivity index is 1.93. The van der Waals surface area contributed by atoms with E-state index < -0.39 is 0 Å². The molecule has 0 saturated heterocycles. The van der Waals surface area contributed by atoms with Crippen molar-refractivity contribution in [3.05, 3.63) is 11.8 Å². The van der Waals surface area contributed by atoms with Crippen LogP contribution in [-0.4, -0.2) is 33.3 Å². The monoisotopic (exact) mass is 266 g/mol. The third-order valence-corrected chi connectivity index (χ3v) is 3.20. The number of aromatic amines is 1. The number of nitrogens with zero attached hydrogens (tertiary/aromatic N) is 2. The molecule has 0 aromatic carbocycles. The van der Waals surface area contributed by atoms with Crippen LogP contribution in [0, 0.1) is 0 Å². The first-order valence-corrected chi connectivity index (χ1v) is 6.29. The summed E-state index contributed by atoms with van der Waals surface area (Å²) in [6.45, 7) is 0. The predicted octanol–water partition coefficient (Wildman–Crippen LogP) is 0.958. The van der Waals surface area contributed by atoms with Crippen LogP contribution >= 0.6 is 0 Å². The van der Waals surface area contributed by atoms with Crippen LogP contribution in [0.15, 0.2) is 11.4 Å². The summed E-state index contributed by atoms with van der Waals surface area (Å²) in [4.78, 5) is 11.8. The predicted molar refractivity (Wildman–Crippen MR) is 70.1 cm³/mol. The maximum atomic E-state index is 11.8. The maximum absolute atomic E-state index is 11.8.